The van der Waals surface area contributed by atoms with Crippen molar-refractivity contribution in [2.45, 2.75) is 19.8 Å². The van der Waals surface area contributed by atoms with Gasteiger partial charge in [-0.2, -0.15) is 0 Å². The van der Waals surface area contributed by atoms with E-state index in [-0.39, 0.29) is 17.7 Å². The third-order valence-corrected chi connectivity index (χ3v) is 3.81. The van der Waals surface area contributed by atoms with Crippen LogP contribution < -0.4 is 10.1 Å². The third-order valence-electron chi connectivity index (χ3n) is 3.81. The molecule has 0 saturated carbocycles. The second kappa shape index (κ2) is 6.75. The molecule has 1 atom stereocenters. The molecule has 1 amide bonds. The Labute approximate surface area is 121 Å². The molecule has 1 aliphatic heterocycles. The fraction of sp³-hybridized carbons (Fsp3) is 0.562. The van der Waals surface area contributed by atoms with Gasteiger partial charge in [0.15, 0.2) is 0 Å². The number of hydrogen-bond donors (Lipinski definition) is 1. The summed E-state index contributed by atoms with van der Waals surface area (Å²) < 4.78 is 5.28. The van der Waals surface area contributed by atoms with Crippen LogP contribution in [-0.4, -0.2) is 44.1 Å². The molecule has 4 heteroatoms. The van der Waals surface area contributed by atoms with Gasteiger partial charge < -0.3 is 15.0 Å². The monoisotopic (exact) mass is 276 g/mol. The van der Waals surface area contributed by atoms with Crippen molar-refractivity contribution in [2.75, 3.05) is 33.3 Å². The lowest BCUT2D eigenvalue weighted by molar-refractivity contribution is -0.134. The first kappa shape index (κ1) is 14.9. The maximum Gasteiger partial charge on any atom is 0.230 e. The van der Waals surface area contributed by atoms with E-state index in [1.165, 1.54) is 0 Å². The average molecular weight is 276 g/mol. The van der Waals surface area contributed by atoms with E-state index in [0.717, 1.165) is 37.5 Å². The van der Waals surface area contributed by atoms with Crippen LogP contribution in [-0.2, 0) is 4.79 Å². The molecule has 1 aromatic carbocycles. The number of ether oxygens (including phenoxy) is 1. The van der Waals surface area contributed by atoms with Crippen LogP contribution in [0.4, 0.5) is 0 Å². The molecule has 0 bridgehead atoms. The highest BCUT2D eigenvalue weighted by atomic mass is 16.5. The van der Waals surface area contributed by atoms with Gasteiger partial charge in [-0.25, -0.2) is 0 Å². The fourth-order valence-electron chi connectivity index (χ4n) is 2.73. The number of carbonyl (C=O) groups is 1. The molecule has 0 radical (unpaired) electrons. The molecule has 1 aliphatic rings. The minimum Gasteiger partial charge on any atom is -0.497 e. The quantitative estimate of drug-likeness (QED) is 0.913. The van der Waals surface area contributed by atoms with Crippen LogP contribution >= 0.6 is 0 Å². The molecule has 1 unspecified atom stereocenters. The predicted octanol–water partition coefficient (Wildman–Crippen LogP) is 1.87. The van der Waals surface area contributed by atoms with Gasteiger partial charge in [0.1, 0.15) is 5.75 Å². The van der Waals surface area contributed by atoms with E-state index >= 15 is 0 Å². The van der Waals surface area contributed by atoms with Crippen LogP contribution in [0.25, 0.3) is 0 Å². The number of methoxy groups -OCH3 is 1. The largest absolute Gasteiger partial charge is 0.497 e. The summed E-state index contributed by atoms with van der Waals surface area (Å²) in [7, 11) is 1.65. The van der Waals surface area contributed by atoms with Gasteiger partial charge in [-0.3, -0.25) is 4.79 Å². The minimum atomic E-state index is -0.0943. The SMILES string of the molecule is COc1cccc(C(C(=O)N2CCNCC2)C(C)C)c1. The fourth-order valence-corrected chi connectivity index (χ4v) is 2.73. The Kier molecular flexibility index (Phi) is 5.01. The van der Waals surface area contributed by atoms with Crippen molar-refractivity contribution in [2.24, 2.45) is 5.92 Å². The van der Waals surface area contributed by atoms with Gasteiger partial charge in [0, 0.05) is 26.2 Å². The lowest BCUT2D eigenvalue weighted by Gasteiger charge is -2.32. The molecule has 0 aromatic heterocycles. The summed E-state index contributed by atoms with van der Waals surface area (Å²) in [5, 5.41) is 3.28. The maximum absolute atomic E-state index is 12.8. The van der Waals surface area contributed by atoms with Crippen molar-refractivity contribution in [3.05, 3.63) is 29.8 Å². The molecule has 1 heterocycles. The van der Waals surface area contributed by atoms with Crippen LogP contribution in [0.15, 0.2) is 24.3 Å². The number of nitrogens with zero attached hydrogens (tertiary/aromatic N) is 1. The zero-order valence-electron chi connectivity index (χ0n) is 12.6. The molecular formula is C16H24N2O2. The highest BCUT2D eigenvalue weighted by Gasteiger charge is 2.29. The Morgan fingerprint density at radius 2 is 2.00 bits per heavy atom. The van der Waals surface area contributed by atoms with Crippen LogP contribution in [0.1, 0.15) is 25.3 Å². The Bertz CT molecular complexity index is 454. The highest BCUT2D eigenvalue weighted by Crippen LogP contribution is 2.29. The van der Waals surface area contributed by atoms with Crippen molar-refractivity contribution in [1.29, 1.82) is 0 Å². The van der Waals surface area contributed by atoms with Gasteiger partial charge in [0.2, 0.25) is 5.91 Å². The van der Waals surface area contributed by atoms with Gasteiger partial charge in [-0.15, -0.1) is 0 Å². The van der Waals surface area contributed by atoms with Gasteiger partial charge >= 0.3 is 0 Å². The molecule has 1 N–H and O–H groups in total. The zero-order valence-corrected chi connectivity index (χ0v) is 12.6. The summed E-state index contributed by atoms with van der Waals surface area (Å²) in [6, 6.07) is 7.86. The Morgan fingerprint density at radius 3 is 2.60 bits per heavy atom. The summed E-state index contributed by atoms with van der Waals surface area (Å²) in [4.78, 5) is 14.8. The second-order valence-electron chi connectivity index (χ2n) is 5.57. The Hall–Kier alpha value is -1.55. The number of piperazine rings is 1. The van der Waals surface area contributed by atoms with Crippen molar-refractivity contribution >= 4 is 5.91 Å². The van der Waals surface area contributed by atoms with E-state index in [2.05, 4.69) is 19.2 Å². The lowest BCUT2D eigenvalue weighted by atomic mass is 9.87. The van der Waals surface area contributed by atoms with E-state index in [9.17, 15) is 4.79 Å². The first-order chi connectivity index (χ1) is 9.63. The summed E-state index contributed by atoms with van der Waals surface area (Å²) >= 11 is 0. The molecule has 1 saturated heterocycles. The van der Waals surface area contributed by atoms with E-state index in [1.54, 1.807) is 7.11 Å². The Balaban J connectivity index is 2.23. The number of carbonyl (C=O) groups excluding carboxylic acids is 1. The number of rotatable bonds is 4. The normalized spacial score (nSPS) is 17.1. The summed E-state index contributed by atoms with van der Waals surface area (Å²) in [5.41, 5.74) is 1.04. The maximum atomic E-state index is 12.8. The molecule has 4 nitrogen and oxygen atoms in total. The molecule has 110 valence electrons. The predicted molar refractivity (Wildman–Crippen MR) is 80.0 cm³/mol. The molecule has 0 aliphatic carbocycles. The molecule has 1 aromatic rings. The van der Waals surface area contributed by atoms with Gasteiger partial charge in [-0.05, 0) is 23.6 Å². The Morgan fingerprint density at radius 1 is 1.30 bits per heavy atom. The standard InChI is InChI=1S/C16H24N2O2/c1-12(2)15(13-5-4-6-14(11-13)20-3)16(19)18-9-7-17-8-10-18/h4-6,11-12,15,17H,7-10H2,1-3H3. The molecule has 20 heavy (non-hydrogen) atoms. The van der Waals surface area contributed by atoms with E-state index in [0.29, 0.717) is 0 Å². The highest BCUT2D eigenvalue weighted by molar-refractivity contribution is 5.84. The number of benzene rings is 1. The smallest absolute Gasteiger partial charge is 0.230 e. The first-order valence-corrected chi connectivity index (χ1v) is 7.27. The molecule has 0 spiro atoms. The average Bonchev–Trinajstić information content (AvgIpc) is 2.48. The summed E-state index contributed by atoms with van der Waals surface area (Å²) in [5.74, 6) is 1.21. The zero-order chi connectivity index (χ0) is 14.5. The van der Waals surface area contributed by atoms with Crippen molar-refractivity contribution < 1.29 is 9.53 Å². The van der Waals surface area contributed by atoms with E-state index in [1.807, 2.05) is 29.2 Å². The molecule has 1 fully saturated rings. The minimum absolute atomic E-state index is 0.0943. The summed E-state index contributed by atoms with van der Waals surface area (Å²) in [6.45, 7) is 7.57. The van der Waals surface area contributed by atoms with E-state index in [4.69, 9.17) is 4.74 Å². The van der Waals surface area contributed by atoms with Crippen LogP contribution in [0.5, 0.6) is 5.75 Å². The van der Waals surface area contributed by atoms with Gasteiger partial charge in [-0.1, -0.05) is 26.0 Å². The topological polar surface area (TPSA) is 41.6 Å². The van der Waals surface area contributed by atoms with Gasteiger partial charge in [0.25, 0.3) is 0 Å². The van der Waals surface area contributed by atoms with Crippen molar-refractivity contribution in [1.82, 2.24) is 10.2 Å². The first-order valence-electron chi connectivity index (χ1n) is 7.27. The lowest BCUT2D eigenvalue weighted by Crippen LogP contribution is -2.48. The van der Waals surface area contributed by atoms with Crippen LogP contribution in [0.3, 0.4) is 0 Å². The van der Waals surface area contributed by atoms with Crippen molar-refractivity contribution in [3.8, 4) is 5.75 Å². The van der Waals surface area contributed by atoms with Crippen LogP contribution in [0, 0.1) is 5.92 Å². The molecule has 2 rings (SSSR count). The number of nitrogens with one attached hydrogen (secondary N) is 1. The molecular weight excluding hydrogens is 252 g/mol. The summed E-state index contributed by atoms with van der Waals surface area (Å²) in [6.07, 6.45) is 0. The number of amides is 1. The van der Waals surface area contributed by atoms with E-state index < -0.39 is 0 Å². The number of hydrogen-bond acceptors (Lipinski definition) is 3. The van der Waals surface area contributed by atoms with Crippen molar-refractivity contribution in [3.63, 3.8) is 0 Å². The second-order valence-corrected chi connectivity index (χ2v) is 5.57. The third kappa shape index (κ3) is 3.31. The van der Waals surface area contributed by atoms with Crippen LogP contribution in [0.2, 0.25) is 0 Å². The van der Waals surface area contributed by atoms with Gasteiger partial charge in [0.05, 0.1) is 13.0 Å².